The van der Waals surface area contributed by atoms with Gasteiger partial charge in [-0.2, -0.15) is 11.3 Å². The van der Waals surface area contributed by atoms with Crippen LogP contribution in [-0.4, -0.2) is 30.4 Å². The second-order valence-electron chi connectivity index (χ2n) is 5.65. The van der Waals surface area contributed by atoms with Gasteiger partial charge in [0.05, 0.1) is 16.6 Å². The van der Waals surface area contributed by atoms with Crippen LogP contribution in [0.3, 0.4) is 0 Å². The molecule has 0 radical (unpaired) electrons. The van der Waals surface area contributed by atoms with Gasteiger partial charge in [-0.1, -0.05) is 27.5 Å². The molecule has 2 aromatic rings. The van der Waals surface area contributed by atoms with Gasteiger partial charge in [-0.15, -0.1) is 0 Å². The molecule has 2 heterocycles. The van der Waals surface area contributed by atoms with Gasteiger partial charge in [-0.05, 0) is 66.5 Å². The van der Waals surface area contributed by atoms with Gasteiger partial charge in [0.25, 0.3) is 5.91 Å². The van der Waals surface area contributed by atoms with Crippen molar-refractivity contribution in [1.29, 1.82) is 0 Å². The molecule has 1 atom stereocenters. The Morgan fingerprint density at radius 1 is 1.35 bits per heavy atom. The van der Waals surface area contributed by atoms with Crippen LogP contribution in [-0.2, 0) is 0 Å². The molecule has 0 bridgehead atoms. The van der Waals surface area contributed by atoms with E-state index < -0.39 is 0 Å². The lowest BCUT2D eigenvalue weighted by Crippen LogP contribution is -2.36. The summed E-state index contributed by atoms with van der Waals surface area (Å²) in [6.07, 6.45) is 2.46. The fraction of sp³-hybridized carbons (Fsp3) is 0.353. The third-order valence-corrected chi connectivity index (χ3v) is 5.66. The lowest BCUT2D eigenvalue weighted by molar-refractivity contribution is 0.0938. The minimum Gasteiger partial charge on any atom is -0.350 e. The van der Waals surface area contributed by atoms with E-state index in [4.69, 9.17) is 11.6 Å². The number of rotatable bonds is 5. The van der Waals surface area contributed by atoms with E-state index in [1.807, 2.05) is 6.07 Å². The highest BCUT2D eigenvalue weighted by atomic mass is 79.9. The second kappa shape index (κ2) is 7.79. The predicted molar refractivity (Wildman–Crippen MR) is 99.4 cm³/mol. The number of carbonyl (C=O) groups is 1. The van der Waals surface area contributed by atoms with Gasteiger partial charge in [0.1, 0.15) is 0 Å². The molecule has 23 heavy (non-hydrogen) atoms. The summed E-state index contributed by atoms with van der Waals surface area (Å²) in [7, 11) is 0. The lowest BCUT2D eigenvalue weighted by Gasteiger charge is -2.27. The summed E-state index contributed by atoms with van der Waals surface area (Å²) in [5.74, 6) is -0.129. The van der Waals surface area contributed by atoms with E-state index in [1.165, 1.54) is 18.4 Å². The van der Waals surface area contributed by atoms with E-state index in [2.05, 4.69) is 43.0 Å². The maximum Gasteiger partial charge on any atom is 0.252 e. The maximum atomic E-state index is 12.5. The molecule has 1 unspecified atom stereocenters. The van der Waals surface area contributed by atoms with Crippen molar-refractivity contribution in [2.45, 2.75) is 18.9 Å². The molecule has 6 heteroatoms. The second-order valence-corrected chi connectivity index (χ2v) is 7.75. The van der Waals surface area contributed by atoms with Crippen LogP contribution in [0.25, 0.3) is 0 Å². The van der Waals surface area contributed by atoms with Crippen LogP contribution in [0.15, 0.2) is 39.5 Å². The summed E-state index contributed by atoms with van der Waals surface area (Å²) in [4.78, 5) is 14.9. The van der Waals surface area contributed by atoms with Crippen molar-refractivity contribution in [3.8, 4) is 0 Å². The molecule has 122 valence electrons. The monoisotopic (exact) mass is 412 g/mol. The molecule has 3 rings (SSSR count). The van der Waals surface area contributed by atoms with E-state index >= 15 is 0 Å². The van der Waals surface area contributed by atoms with E-state index in [0.29, 0.717) is 17.1 Å². The van der Waals surface area contributed by atoms with Crippen molar-refractivity contribution in [3.05, 3.63) is 55.6 Å². The molecular formula is C17H18BrClN2OS. The Morgan fingerprint density at radius 3 is 2.83 bits per heavy atom. The first-order valence-corrected chi connectivity index (χ1v) is 9.76. The molecule has 1 aliphatic rings. The zero-order valence-electron chi connectivity index (χ0n) is 12.6. The Hall–Kier alpha value is -0.880. The fourth-order valence-electron chi connectivity index (χ4n) is 2.93. The topological polar surface area (TPSA) is 32.3 Å². The van der Waals surface area contributed by atoms with Crippen molar-refractivity contribution in [2.24, 2.45) is 0 Å². The predicted octanol–water partition coefficient (Wildman–Crippen LogP) is 4.73. The average Bonchev–Trinajstić information content (AvgIpc) is 3.23. The standard InChI is InChI=1S/C17H18BrClN2OS/c18-13-3-4-15(19)14(9-13)17(22)20-10-16(12-5-8-23-11-12)21-6-1-2-7-21/h3-5,8-9,11,16H,1-2,6-7,10H2,(H,20,22). The van der Waals surface area contributed by atoms with E-state index in [0.717, 1.165) is 17.6 Å². The van der Waals surface area contributed by atoms with Crippen LogP contribution >= 0.6 is 38.9 Å². The van der Waals surface area contributed by atoms with E-state index in [-0.39, 0.29) is 11.9 Å². The van der Waals surface area contributed by atoms with Crippen LogP contribution < -0.4 is 5.32 Å². The number of hydrogen-bond donors (Lipinski definition) is 1. The largest absolute Gasteiger partial charge is 0.350 e. The maximum absolute atomic E-state index is 12.5. The Labute approximate surface area is 153 Å². The zero-order chi connectivity index (χ0) is 16.2. The zero-order valence-corrected chi connectivity index (χ0v) is 15.8. The SMILES string of the molecule is O=C(NCC(c1ccsc1)N1CCCC1)c1cc(Br)ccc1Cl. The first-order valence-electron chi connectivity index (χ1n) is 7.64. The van der Waals surface area contributed by atoms with Crippen molar-refractivity contribution >= 4 is 44.8 Å². The first kappa shape index (κ1) is 17.0. The summed E-state index contributed by atoms with van der Waals surface area (Å²) in [6.45, 7) is 2.78. The molecule has 1 aromatic carbocycles. The van der Waals surface area contributed by atoms with Gasteiger partial charge in [0.2, 0.25) is 0 Å². The van der Waals surface area contributed by atoms with Crippen LogP contribution in [0.4, 0.5) is 0 Å². The van der Waals surface area contributed by atoms with E-state index in [9.17, 15) is 4.79 Å². The molecule has 1 saturated heterocycles. The summed E-state index contributed by atoms with van der Waals surface area (Å²) in [5, 5.41) is 7.78. The van der Waals surface area contributed by atoms with Crippen molar-refractivity contribution < 1.29 is 4.79 Å². The summed E-state index contributed by atoms with van der Waals surface area (Å²) < 4.78 is 0.848. The van der Waals surface area contributed by atoms with Crippen LogP contribution in [0, 0.1) is 0 Å². The minimum absolute atomic E-state index is 0.129. The number of amides is 1. The van der Waals surface area contributed by atoms with Gasteiger partial charge in [-0.25, -0.2) is 0 Å². The highest BCUT2D eigenvalue weighted by Crippen LogP contribution is 2.27. The number of halogens is 2. The number of hydrogen-bond acceptors (Lipinski definition) is 3. The minimum atomic E-state index is -0.129. The van der Waals surface area contributed by atoms with Crippen molar-refractivity contribution in [2.75, 3.05) is 19.6 Å². The lowest BCUT2D eigenvalue weighted by atomic mass is 10.1. The molecule has 1 fully saturated rings. The summed E-state index contributed by atoms with van der Waals surface area (Å²) in [6, 6.07) is 7.70. The Morgan fingerprint density at radius 2 is 2.13 bits per heavy atom. The molecule has 0 saturated carbocycles. The fourth-order valence-corrected chi connectivity index (χ4v) is 4.20. The van der Waals surface area contributed by atoms with Gasteiger partial charge >= 0.3 is 0 Å². The van der Waals surface area contributed by atoms with Crippen molar-refractivity contribution in [3.63, 3.8) is 0 Å². The average molecular weight is 414 g/mol. The Kier molecular flexibility index (Phi) is 5.75. The van der Waals surface area contributed by atoms with E-state index in [1.54, 1.807) is 23.5 Å². The summed E-state index contributed by atoms with van der Waals surface area (Å²) >= 11 is 11.2. The summed E-state index contributed by atoms with van der Waals surface area (Å²) in [5.41, 5.74) is 1.78. The number of thiophene rings is 1. The molecule has 1 amide bonds. The van der Waals surface area contributed by atoms with Gasteiger partial charge in [0, 0.05) is 11.0 Å². The molecule has 0 aliphatic carbocycles. The van der Waals surface area contributed by atoms with Crippen LogP contribution in [0.5, 0.6) is 0 Å². The number of likely N-dealkylation sites (tertiary alicyclic amines) is 1. The normalized spacial score (nSPS) is 16.4. The third-order valence-electron chi connectivity index (χ3n) is 4.14. The molecule has 3 nitrogen and oxygen atoms in total. The smallest absolute Gasteiger partial charge is 0.252 e. The van der Waals surface area contributed by atoms with Gasteiger partial charge < -0.3 is 5.32 Å². The van der Waals surface area contributed by atoms with Crippen molar-refractivity contribution in [1.82, 2.24) is 10.2 Å². The highest BCUT2D eigenvalue weighted by molar-refractivity contribution is 9.10. The van der Waals surface area contributed by atoms with Crippen LogP contribution in [0.2, 0.25) is 5.02 Å². The molecular weight excluding hydrogens is 396 g/mol. The number of carbonyl (C=O) groups excluding carboxylic acids is 1. The molecule has 1 aliphatic heterocycles. The van der Waals surface area contributed by atoms with Gasteiger partial charge in [-0.3, -0.25) is 9.69 Å². The molecule has 1 N–H and O–H groups in total. The molecule has 0 spiro atoms. The third kappa shape index (κ3) is 4.15. The first-order chi connectivity index (χ1) is 11.1. The van der Waals surface area contributed by atoms with Crippen LogP contribution in [0.1, 0.15) is 34.8 Å². The highest BCUT2D eigenvalue weighted by Gasteiger charge is 2.24. The number of nitrogens with one attached hydrogen (secondary N) is 1. The molecule has 1 aromatic heterocycles. The number of benzene rings is 1. The Balaban J connectivity index is 1.71. The quantitative estimate of drug-likeness (QED) is 0.768. The van der Waals surface area contributed by atoms with Gasteiger partial charge in [0.15, 0.2) is 0 Å². The Bertz CT molecular complexity index is 671. The number of nitrogens with zero attached hydrogens (tertiary/aromatic N) is 1.